The lowest BCUT2D eigenvalue weighted by molar-refractivity contribution is 0.0887. The molecular weight excluding hydrogens is 348 g/mol. The molecular formula is C21H38O6. The average molecular weight is 387 g/mol. The second-order valence-electron chi connectivity index (χ2n) is 6.87. The summed E-state index contributed by atoms with van der Waals surface area (Å²) in [6, 6.07) is 0. The van der Waals surface area contributed by atoms with Crippen LogP contribution in [-0.4, -0.2) is 35.7 Å². The van der Waals surface area contributed by atoms with E-state index in [0.29, 0.717) is 13.2 Å². The van der Waals surface area contributed by atoms with Gasteiger partial charge in [0.25, 0.3) is 0 Å². The second kappa shape index (κ2) is 20.6. The van der Waals surface area contributed by atoms with Crippen molar-refractivity contribution >= 4 is 12.3 Å². The summed E-state index contributed by atoms with van der Waals surface area (Å²) in [6.07, 6.45) is 19.3. The quantitative estimate of drug-likeness (QED) is 0.144. The van der Waals surface area contributed by atoms with Crippen LogP contribution in [0, 0.1) is 0 Å². The van der Waals surface area contributed by atoms with Crippen LogP contribution in [0.3, 0.4) is 0 Å². The highest BCUT2D eigenvalue weighted by molar-refractivity contribution is 5.56. The Balaban J connectivity index is 3.11. The molecule has 0 amide bonds. The van der Waals surface area contributed by atoms with Gasteiger partial charge in [-0.1, -0.05) is 69.9 Å². The third kappa shape index (κ3) is 24.3. The first-order valence-corrected chi connectivity index (χ1v) is 10.5. The summed E-state index contributed by atoms with van der Waals surface area (Å²) in [5.74, 6) is 0. The van der Waals surface area contributed by atoms with Gasteiger partial charge in [0.05, 0.1) is 13.2 Å². The molecule has 0 aliphatic heterocycles. The van der Waals surface area contributed by atoms with E-state index in [4.69, 9.17) is 10.2 Å². The lowest BCUT2D eigenvalue weighted by atomic mass is 10.1. The molecule has 0 aliphatic carbocycles. The van der Waals surface area contributed by atoms with E-state index in [2.05, 4.69) is 21.6 Å². The van der Waals surface area contributed by atoms with E-state index in [1.54, 1.807) is 0 Å². The lowest BCUT2D eigenvalue weighted by Gasteiger charge is -2.02. The Morgan fingerprint density at radius 1 is 0.519 bits per heavy atom. The first-order valence-electron chi connectivity index (χ1n) is 10.5. The van der Waals surface area contributed by atoms with Crippen LogP contribution in [0.1, 0.15) is 96.3 Å². The van der Waals surface area contributed by atoms with Crippen LogP contribution in [0.2, 0.25) is 0 Å². The maximum Gasteiger partial charge on any atom is 0.505 e. The summed E-state index contributed by atoms with van der Waals surface area (Å²) in [5.41, 5.74) is 0. The van der Waals surface area contributed by atoms with Gasteiger partial charge in [0.15, 0.2) is 0 Å². The van der Waals surface area contributed by atoms with Gasteiger partial charge in [-0.25, -0.2) is 9.59 Å². The number of carbonyl (C=O) groups is 2. The molecule has 0 aliphatic rings. The van der Waals surface area contributed by atoms with Crippen LogP contribution in [0.5, 0.6) is 0 Å². The fourth-order valence-electron chi connectivity index (χ4n) is 2.87. The van der Waals surface area contributed by atoms with Crippen molar-refractivity contribution in [2.45, 2.75) is 96.3 Å². The SMILES string of the molecule is O=C(O)OCCCCCCCCC=CCCCCCCCCCOC(=O)O. The summed E-state index contributed by atoms with van der Waals surface area (Å²) < 4.78 is 8.94. The Morgan fingerprint density at radius 3 is 1.15 bits per heavy atom. The third-order valence-corrected chi connectivity index (χ3v) is 4.40. The van der Waals surface area contributed by atoms with E-state index in [-0.39, 0.29) is 0 Å². The van der Waals surface area contributed by atoms with Crippen molar-refractivity contribution in [3.05, 3.63) is 12.2 Å². The lowest BCUT2D eigenvalue weighted by Crippen LogP contribution is -2.01. The van der Waals surface area contributed by atoms with Crippen LogP contribution in [0.15, 0.2) is 12.2 Å². The Bertz CT molecular complexity index is 381. The van der Waals surface area contributed by atoms with E-state index >= 15 is 0 Å². The van der Waals surface area contributed by atoms with Crippen molar-refractivity contribution in [2.24, 2.45) is 0 Å². The van der Waals surface area contributed by atoms with Crippen molar-refractivity contribution in [2.75, 3.05) is 13.2 Å². The summed E-state index contributed by atoms with van der Waals surface area (Å²) in [4.78, 5) is 20.3. The fraction of sp³-hybridized carbons (Fsp3) is 0.810. The van der Waals surface area contributed by atoms with Crippen LogP contribution in [-0.2, 0) is 9.47 Å². The molecule has 0 fully saturated rings. The first-order chi connectivity index (χ1) is 13.1. The Morgan fingerprint density at radius 2 is 0.815 bits per heavy atom. The van der Waals surface area contributed by atoms with Crippen molar-refractivity contribution in [1.29, 1.82) is 0 Å². The van der Waals surface area contributed by atoms with Crippen molar-refractivity contribution < 1.29 is 29.3 Å². The molecule has 6 heteroatoms. The number of ether oxygens (including phenoxy) is 2. The molecule has 0 aromatic carbocycles. The molecule has 2 N–H and O–H groups in total. The fourth-order valence-corrected chi connectivity index (χ4v) is 2.87. The number of hydrogen-bond donors (Lipinski definition) is 2. The number of unbranched alkanes of at least 4 members (excludes halogenated alkanes) is 13. The Kier molecular flexibility index (Phi) is 19.3. The number of carboxylic acid groups (broad SMARTS) is 2. The van der Waals surface area contributed by atoms with E-state index in [9.17, 15) is 9.59 Å². The summed E-state index contributed by atoms with van der Waals surface area (Å²) in [5, 5.41) is 16.7. The normalized spacial score (nSPS) is 11.0. The summed E-state index contributed by atoms with van der Waals surface area (Å²) in [6.45, 7) is 0.641. The molecule has 6 nitrogen and oxygen atoms in total. The van der Waals surface area contributed by atoms with Gasteiger partial charge in [0.1, 0.15) is 0 Å². The summed E-state index contributed by atoms with van der Waals surface area (Å²) in [7, 11) is 0. The van der Waals surface area contributed by atoms with Gasteiger partial charge >= 0.3 is 12.3 Å². The van der Waals surface area contributed by atoms with Gasteiger partial charge in [-0.2, -0.15) is 0 Å². The van der Waals surface area contributed by atoms with Crippen LogP contribution in [0.25, 0.3) is 0 Å². The van der Waals surface area contributed by atoms with Crippen LogP contribution < -0.4 is 0 Å². The Labute approximate surface area is 163 Å². The minimum Gasteiger partial charge on any atom is -0.450 e. The number of allylic oxidation sites excluding steroid dienone is 2. The first kappa shape index (κ1) is 25.3. The molecule has 0 saturated carbocycles. The number of rotatable bonds is 19. The summed E-state index contributed by atoms with van der Waals surface area (Å²) >= 11 is 0. The predicted molar refractivity (Wildman–Crippen MR) is 106 cm³/mol. The topological polar surface area (TPSA) is 93.1 Å². The smallest absolute Gasteiger partial charge is 0.450 e. The maximum absolute atomic E-state index is 10.2. The Hall–Kier alpha value is -1.72. The van der Waals surface area contributed by atoms with Gasteiger partial charge in [-0.3, -0.25) is 0 Å². The largest absolute Gasteiger partial charge is 0.505 e. The van der Waals surface area contributed by atoms with Gasteiger partial charge in [0.2, 0.25) is 0 Å². The molecule has 0 radical (unpaired) electrons. The van der Waals surface area contributed by atoms with Gasteiger partial charge in [0, 0.05) is 0 Å². The van der Waals surface area contributed by atoms with Crippen LogP contribution >= 0.6 is 0 Å². The molecule has 0 rings (SSSR count). The minimum absolute atomic E-state index is 0.319. The highest BCUT2D eigenvalue weighted by atomic mass is 16.7. The molecule has 0 unspecified atom stereocenters. The highest BCUT2D eigenvalue weighted by Gasteiger charge is 1.97. The zero-order valence-corrected chi connectivity index (χ0v) is 16.7. The minimum atomic E-state index is -1.18. The molecule has 0 spiro atoms. The zero-order valence-electron chi connectivity index (χ0n) is 16.7. The van der Waals surface area contributed by atoms with Crippen molar-refractivity contribution in [1.82, 2.24) is 0 Å². The third-order valence-electron chi connectivity index (χ3n) is 4.40. The van der Waals surface area contributed by atoms with Crippen molar-refractivity contribution in [3.8, 4) is 0 Å². The molecule has 0 saturated heterocycles. The van der Waals surface area contributed by atoms with E-state index < -0.39 is 12.3 Å². The molecule has 0 aromatic rings. The maximum atomic E-state index is 10.2. The van der Waals surface area contributed by atoms with Gasteiger partial charge in [-0.05, 0) is 38.5 Å². The van der Waals surface area contributed by atoms with E-state index in [0.717, 1.165) is 51.4 Å². The number of hydrogen-bond acceptors (Lipinski definition) is 4. The van der Waals surface area contributed by atoms with E-state index in [1.807, 2.05) is 0 Å². The molecule has 0 aromatic heterocycles. The van der Waals surface area contributed by atoms with Crippen LogP contribution in [0.4, 0.5) is 9.59 Å². The molecule has 0 heterocycles. The molecule has 27 heavy (non-hydrogen) atoms. The zero-order chi connectivity index (χ0) is 20.0. The van der Waals surface area contributed by atoms with E-state index in [1.165, 1.54) is 44.9 Å². The van der Waals surface area contributed by atoms with Gasteiger partial charge < -0.3 is 19.7 Å². The van der Waals surface area contributed by atoms with Gasteiger partial charge in [-0.15, -0.1) is 0 Å². The molecule has 0 atom stereocenters. The monoisotopic (exact) mass is 386 g/mol. The highest BCUT2D eigenvalue weighted by Crippen LogP contribution is 2.10. The molecule has 0 bridgehead atoms. The second-order valence-corrected chi connectivity index (χ2v) is 6.87. The average Bonchev–Trinajstić information content (AvgIpc) is 2.62. The molecule has 158 valence electrons. The predicted octanol–water partition coefficient (Wildman–Crippen LogP) is 6.78. The van der Waals surface area contributed by atoms with Crippen molar-refractivity contribution in [3.63, 3.8) is 0 Å². The standard InChI is InChI=1S/C21H38O6/c22-20(23)26-18-16-14-12-10-8-6-4-2-1-3-5-7-9-11-13-15-17-19-27-21(24)25/h1-2H,3-19H2,(H,22,23)(H,24,25).